The first-order chi connectivity index (χ1) is 7.38. The highest BCUT2D eigenvalue weighted by atomic mass is 19.4. The second-order valence-electron chi connectivity index (χ2n) is 2.77. The van der Waals surface area contributed by atoms with E-state index in [1.165, 1.54) is 12.1 Å². The Morgan fingerprint density at radius 2 is 1.81 bits per heavy atom. The quantitative estimate of drug-likeness (QED) is 0.643. The fourth-order valence-corrected chi connectivity index (χ4v) is 0.960. The normalized spacial score (nSPS) is 12.3. The number of hydrogen-bond donors (Lipinski definition) is 1. The third-order valence-electron chi connectivity index (χ3n) is 1.53. The maximum absolute atomic E-state index is 11.8. The molecule has 0 aromatic heterocycles. The second kappa shape index (κ2) is 4.69. The summed E-state index contributed by atoms with van der Waals surface area (Å²) in [4.78, 5) is 10.5. The number of halogens is 3. The molecule has 0 aliphatic rings. The average molecular weight is 232 g/mol. The zero-order valence-electron chi connectivity index (χ0n) is 7.86. The van der Waals surface area contributed by atoms with Gasteiger partial charge >= 0.3 is 12.3 Å². The van der Waals surface area contributed by atoms with Crippen molar-refractivity contribution in [3.8, 4) is 0 Å². The Labute approximate surface area is 88.8 Å². The first-order valence-corrected chi connectivity index (χ1v) is 4.14. The predicted molar refractivity (Wildman–Crippen MR) is 49.2 cm³/mol. The van der Waals surface area contributed by atoms with Crippen LogP contribution in [-0.2, 0) is 9.53 Å². The van der Waals surface area contributed by atoms with E-state index in [0.717, 1.165) is 6.08 Å². The molecule has 0 atom stereocenters. The third-order valence-corrected chi connectivity index (χ3v) is 1.53. The number of carboxylic acids is 1. The Morgan fingerprint density at radius 3 is 2.25 bits per heavy atom. The van der Waals surface area contributed by atoms with Crippen molar-refractivity contribution in [2.45, 2.75) is 6.36 Å². The molecule has 1 aromatic carbocycles. The summed E-state index contributed by atoms with van der Waals surface area (Å²) in [6, 6.07) is 7.71. The molecule has 1 aromatic rings. The average Bonchev–Trinajstić information content (AvgIpc) is 2.16. The number of benzene rings is 1. The van der Waals surface area contributed by atoms with Crippen molar-refractivity contribution in [1.82, 2.24) is 0 Å². The molecule has 0 heterocycles. The Balaban J connectivity index is 2.95. The smallest absolute Gasteiger partial charge is 0.475 e. The second-order valence-corrected chi connectivity index (χ2v) is 2.77. The number of hydrogen-bond acceptors (Lipinski definition) is 2. The van der Waals surface area contributed by atoms with Crippen molar-refractivity contribution in [3.63, 3.8) is 0 Å². The lowest BCUT2D eigenvalue weighted by atomic mass is 10.2. The minimum absolute atomic E-state index is 0.309. The van der Waals surface area contributed by atoms with Gasteiger partial charge in [0.05, 0.1) is 0 Å². The molecule has 86 valence electrons. The fraction of sp³-hybridized carbons (Fsp3) is 0.100. The summed E-state index contributed by atoms with van der Waals surface area (Å²) in [7, 11) is 0. The molecule has 16 heavy (non-hydrogen) atoms. The summed E-state index contributed by atoms with van der Waals surface area (Å²) in [5.41, 5.74) is 0.309. The number of aliphatic carboxylic acids is 1. The van der Waals surface area contributed by atoms with E-state index in [1.54, 1.807) is 18.2 Å². The summed E-state index contributed by atoms with van der Waals surface area (Å²) in [6.45, 7) is 0. The zero-order valence-corrected chi connectivity index (χ0v) is 7.86. The van der Waals surface area contributed by atoms with Gasteiger partial charge in [0.1, 0.15) is 0 Å². The molecular formula is C10H7F3O3. The van der Waals surface area contributed by atoms with E-state index < -0.39 is 18.1 Å². The van der Waals surface area contributed by atoms with Gasteiger partial charge in [-0.25, -0.2) is 4.79 Å². The van der Waals surface area contributed by atoms with Gasteiger partial charge in [-0.1, -0.05) is 30.3 Å². The van der Waals surface area contributed by atoms with Gasteiger partial charge in [-0.15, -0.1) is 13.2 Å². The van der Waals surface area contributed by atoms with Gasteiger partial charge in [0, 0.05) is 0 Å². The molecule has 0 saturated carbocycles. The topological polar surface area (TPSA) is 46.5 Å². The summed E-state index contributed by atoms with van der Waals surface area (Å²) in [5, 5.41) is 8.50. The van der Waals surface area contributed by atoms with E-state index in [1.807, 2.05) is 0 Å². The van der Waals surface area contributed by atoms with Crippen LogP contribution in [0.1, 0.15) is 5.56 Å². The van der Waals surface area contributed by atoms with Crippen LogP contribution in [0.3, 0.4) is 0 Å². The molecule has 0 saturated heterocycles. The van der Waals surface area contributed by atoms with Crippen LogP contribution in [0.5, 0.6) is 0 Å². The molecule has 1 rings (SSSR count). The molecule has 0 aliphatic heterocycles. The van der Waals surface area contributed by atoms with Crippen molar-refractivity contribution < 1.29 is 27.8 Å². The van der Waals surface area contributed by atoms with Gasteiger partial charge < -0.3 is 9.84 Å². The van der Waals surface area contributed by atoms with Crippen molar-refractivity contribution >= 4 is 12.0 Å². The zero-order chi connectivity index (χ0) is 12.2. The van der Waals surface area contributed by atoms with Crippen molar-refractivity contribution in [2.75, 3.05) is 0 Å². The van der Waals surface area contributed by atoms with Gasteiger partial charge in [-0.2, -0.15) is 0 Å². The maximum atomic E-state index is 11.8. The molecule has 3 nitrogen and oxygen atoms in total. The van der Waals surface area contributed by atoms with E-state index in [0.29, 0.717) is 5.56 Å². The largest absolute Gasteiger partial charge is 0.573 e. The Kier molecular flexibility index (Phi) is 3.55. The van der Waals surface area contributed by atoms with Gasteiger partial charge in [-0.3, -0.25) is 0 Å². The lowest BCUT2D eigenvalue weighted by Gasteiger charge is -2.08. The number of alkyl halides is 3. The van der Waals surface area contributed by atoms with Crippen LogP contribution in [-0.4, -0.2) is 17.4 Å². The Morgan fingerprint density at radius 1 is 1.25 bits per heavy atom. The Hall–Kier alpha value is -1.98. The number of ether oxygens (including phenoxy) is 1. The predicted octanol–water partition coefficient (Wildman–Crippen LogP) is 2.65. The fourth-order valence-electron chi connectivity index (χ4n) is 0.960. The van der Waals surface area contributed by atoms with Gasteiger partial charge in [0.25, 0.3) is 0 Å². The number of rotatable bonds is 3. The molecule has 0 bridgehead atoms. The molecule has 0 unspecified atom stereocenters. The monoisotopic (exact) mass is 232 g/mol. The lowest BCUT2D eigenvalue weighted by Crippen LogP contribution is -2.17. The summed E-state index contributed by atoms with van der Waals surface area (Å²) in [5.74, 6) is -2.94. The summed E-state index contributed by atoms with van der Waals surface area (Å²) in [6.07, 6.45) is -4.21. The molecule has 1 N–H and O–H groups in total. The van der Waals surface area contributed by atoms with E-state index >= 15 is 0 Å². The molecular weight excluding hydrogens is 225 g/mol. The van der Waals surface area contributed by atoms with Crippen molar-refractivity contribution in [2.24, 2.45) is 0 Å². The van der Waals surface area contributed by atoms with Gasteiger partial charge in [0.2, 0.25) is 5.76 Å². The first kappa shape index (κ1) is 12.1. The highest BCUT2D eigenvalue weighted by molar-refractivity contribution is 5.89. The van der Waals surface area contributed by atoms with Crippen LogP contribution in [0.2, 0.25) is 0 Å². The van der Waals surface area contributed by atoms with Crippen molar-refractivity contribution in [3.05, 3.63) is 41.7 Å². The van der Waals surface area contributed by atoms with E-state index in [2.05, 4.69) is 4.74 Å². The van der Waals surface area contributed by atoms with Crippen LogP contribution in [0.4, 0.5) is 13.2 Å². The Bertz CT molecular complexity index is 396. The SMILES string of the molecule is O=C(O)/C(=C/c1ccccc1)OC(F)(F)F. The maximum Gasteiger partial charge on any atom is 0.573 e. The van der Waals surface area contributed by atoms with E-state index in [9.17, 15) is 18.0 Å². The van der Waals surface area contributed by atoms with Crippen LogP contribution >= 0.6 is 0 Å². The minimum Gasteiger partial charge on any atom is -0.475 e. The molecule has 0 amide bonds. The highest BCUT2D eigenvalue weighted by Gasteiger charge is 2.34. The first-order valence-electron chi connectivity index (χ1n) is 4.14. The molecule has 0 radical (unpaired) electrons. The summed E-state index contributed by atoms with van der Waals surface area (Å²) < 4.78 is 38.9. The lowest BCUT2D eigenvalue weighted by molar-refractivity contribution is -0.304. The summed E-state index contributed by atoms with van der Waals surface area (Å²) >= 11 is 0. The van der Waals surface area contributed by atoms with Crippen LogP contribution in [0.15, 0.2) is 36.1 Å². The van der Waals surface area contributed by atoms with Crippen LogP contribution in [0, 0.1) is 0 Å². The van der Waals surface area contributed by atoms with Crippen molar-refractivity contribution in [1.29, 1.82) is 0 Å². The van der Waals surface area contributed by atoms with Gasteiger partial charge in [-0.05, 0) is 11.6 Å². The van der Waals surface area contributed by atoms with E-state index in [4.69, 9.17) is 5.11 Å². The molecule has 0 fully saturated rings. The molecule has 0 aliphatic carbocycles. The minimum atomic E-state index is -5.01. The third kappa shape index (κ3) is 4.04. The van der Waals surface area contributed by atoms with E-state index in [-0.39, 0.29) is 0 Å². The van der Waals surface area contributed by atoms with Crippen LogP contribution in [0.25, 0.3) is 6.08 Å². The molecule has 0 spiro atoms. The molecule has 6 heteroatoms. The standard InChI is InChI=1S/C10H7F3O3/c11-10(12,13)16-8(9(14)15)6-7-4-2-1-3-5-7/h1-6H,(H,14,15)/b8-6-. The van der Waals surface area contributed by atoms with Gasteiger partial charge in [0.15, 0.2) is 0 Å². The van der Waals surface area contributed by atoms with Crippen LogP contribution < -0.4 is 0 Å². The number of carboxylic acid groups (broad SMARTS) is 1. The number of carbonyl (C=O) groups is 1. The highest BCUT2D eigenvalue weighted by Crippen LogP contribution is 2.22.